The monoisotopic (exact) mass is 302 g/mol. The largest absolute Gasteiger partial charge is 0.416 e. The lowest BCUT2D eigenvalue weighted by Crippen LogP contribution is -2.52. The van der Waals surface area contributed by atoms with E-state index in [4.69, 9.17) is 4.74 Å². The second kappa shape index (κ2) is 6.34. The maximum Gasteiger partial charge on any atom is 0.416 e. The molecule has 1 saturated heterocycles. The first-order valence-electron chi connectivity index (χ1n) is 6.60. The Hall–Kier alpha value is -1.76. The van der Waals surface area contributed by atoms with E-state index in [2.05, 4.69) is 5.32 Å². The van der Waals surface area contributed by atoms with Gasteiger partial charge in [-0.3, -0.25) is 0 Å². The van der Waals surface area contributed by atoms with Crippen molar-refractivity contribution < 1.29 is 22.7 Å². The normalized spacial score (nSPS) is 19.5. The number of hydrogen-bond donors (Lipinski definition) is 1. The minimum absolute atomic E-state index is 0.00800. The summed E-state index contributed by atoms with van der Waals surface area (Å²) in [5, 5.41) is 2.81. The number of rotatable bonds is 4. The van der Waals surface area contributed by atoms with Gasteiger partial charge in [0.25, 0.3) is 0 Å². The molecule has 7 heteroatoms. The van der Waals surface area contributed by atoms with Crippen molar-refractivity contribution in [1.82, 2.24) is 10.2 Å². The number of urea groups is 1. The molecular weight excluding hydrogens is 285 g/mol. The molecule has 1 atom stereocenters. The first-order chi connectivity index (χ1) is 9.90. The highest BCUT2D eigenvalue weighted by molar-refractivity contribution is 5.75. The van der Waals surface area contributed by atoms with E-state index in [1.54, 1.807) is 12.0 Å². The van der Waals surface area contributed by atoms with Crippen LogP contribution in [0.15, 0.2) is 24.3 Å². The summed E-state index contributed by atoms with van der Waals surface area (Å²) in [6.45, 7) is 1.31. The molecule has 1 aromatic rings. The third kappa shape index (κ3) is 4.10. The van der Waals surface area contributed by atoms with Crippen LogP contribution in [0.3, 0.4) is 0 Å². The maximum atomic E-state index is 12.5. The van der Waals surface area contributed by atoms with Crippen LogP contribution >= 0.6 is 0 Å². The Morgan fingerprint density at radius 1 is 1.33 bits per heavy atom. The fourth-order valence-corrected chi connectivity index (χ4v) is 2.25. The number of nitrogens with one attached hydrogen (secondary N) is 1. The number of carbonyl (C=O) groups excluding carboxylic acids is 1. The van der Waals surface area contributed by atoms with E-state index in [1.165, 1.54) is 12.1 Å². The summed E-state index contributed by atoms with van der Waals surface area (Å²) >= 11 is 0. The van der Waals surface area contributed by atoms with Crippen LogP contribution in [0.25, 0.3) is 0 Å². The Kier molecular flexibility index (Phi) is 4.72. The number of carbonyl (C=O) groups is 1. The Balaban J connectivity index is 1.95. The highest BCUT2D eigenvalue weighted by Crippen LogP contribution is 2.29. The van der Waals surface area contributed by atoms with E-state index in [0.29, 0.717) is 25.3 Å². The molecule has 0 radical (unpaired) electrons. The van der Waals surface area contributed by atoms with Crippen LogP contribution in [0.4, 0.5) is 18.0 Å². The molecule has 1 aliphatic heterocycles. The number of methoxy groups -OCH3 is 1. The van der Waals surface area contributed by atoms with Crippen LogP contribution in [0, 0.1) is 0 Å². The average molecular weight is 302 g/mol. The van der Waals surface area contributed by atoms with Crippen LogP contribution in [0.1, 0.15) is 17.5 Å². The summed E-state index contributed by atoms with van der Waals surface area (Å²) in [5.74, 6) is 0. The first kappa shape index (κ1) is 15.6. The minimum Gasteiger partial charge on any atom is -0.383 e. The smallest absolute Gasteiger partial charge is 0.383 e. The third-order valence-electron chi connectivity index (χ3n) is 3.38. The number of ether oxygens (including phenoxy) is 1. The molecule has 1 aromatic carbocycles. The van der Waals surface area contributed by atoms with Crippen molar-refractivity contribution in [2.75, 3.05) is 20.3 Å². The van der Waals surface area contributed by atoms with Crippen LogP contribution in [0.5, 0.6) is 0 Å². The number of amides is 2. The molecule has 116 valence electrons. The van der Waals surface area contributed by atoms with Crippen molar-refractivity contribution in [3.8, 4) is 0 Å². The van der Waals surface area contributed by atoms with E-state index in [1.807, 2.05) is 0 Å². The Bertz CT molecular complexity index is 488. The molecule has 21 heavy (non-hydrogen) atoms. The van der Waals surface area contributed by atoms with Gasteiger partial charge in [0, 0.05) is 20.2 Å². The fraction of sp³-hybridized carbons (Fsp3) is 0.500. The summed E-state index contributed by atoms with van der Waals surface area (Å²) in [6, 6.07) is 4.64. The van der Waals surface area contributed by atoms with Gasteiger partial charge in [0.1, 0.15) is 0 Å². The number of benzene rings is 1. The molecule has 0 spiro atoms. The minimum atomic E-state index is -4.34. The van der Waals surface area contributed by atoms with Crippen LogP contribution in [0.2, 0.25) is 0 Å². The molecule has 2 rings (SSSR count). The standard InChI is InChI=1S/C14H17F3N2O2/c1-21-9-12-6-7-19(13(20)18-12)8-10-2-4-11(5-3-10)14(15,16)17/h2-5,12H,6-9H2,1H3,(H,18,20). The molecule has 4 nitrogen and oxygen atoms in total. The fourth-order valence-electron chi connectivity index (χ4n) is 2.25. The molecule has 1 heterocycles. The van der Waals surface area contributed by atoms with Gasteiger partial charge in [-0.25, -0.2) is 4.79 Å². The second-order valence-corrected chi connectivity index (χ2v) is 5.01. The predicted octanol–water partition coefficient (Wildman–Crippen LogP) is 2.64. The molecular formula is C14H17F3N2O2. The number of nitrogens with zero attached hydrogens (tertiary/aromatic N) is 1. The van der Waals surface area contributed by atoms with Gasteiger partial charge in [0.2, 0.25) is 0 Å². The molecule has 1 fully saturated rings. The SMILES string of the molecule is COCC1CCN(Cc2ccc(C(F)(F)F)cc2)C(=O)N1. The van der Waals surface area contributed by atoms with Crippen molar-refractivity contribution >= 4 is 6.03 Å². The molecule has 2 amide bonds. The molecule has 0 aliphatic carbocycles. The topological polar surface area (TPSA) is 41.6 Å². The van der Waals surface area contributed by atoms with Crippen molar-refractivity contribution in [3.63, 3.8) is 0 Å². The second-order valence-electron chi connectivity index (χ2n) is 5.01. The van der Waals surface area contributed by atoms with E-state index in [-0.39, 0.29) is 12.1 Å². The Morgan fingerprint density at radius 2 is 2.00 bits per heavy atom. The van der Waals surface area contributed by atoms with Gasteiger partial charge in [-0.2, -0.15) is 13.2 Å². The van der Waals surface area contributed by atoms with Crippen LogP contribution in [-0.2, 0) is 17.5 Å². The summed E-state index contributed by atoms with van der Waals surface area (Å²) in [6.07, 6.45) is -3.59. The summed E-state index contributed by atoms with van der Waals surface area (Å²) in [7, 11) is 1.57. The van der Waals surface area contributed by atoms with Crippen LogP contribution < -0.4 is 5.32 Å². The van der Waals surface area contributed by atoms with Crippen molar-refractivity contribution in [2.45, 2.75) is 25.2 Å². The Morgan fingerprint density at radius 3 is 2.52 bits per heavy atom. The van der Waals surface area contributed by atoms with Gasteiger partial charge < -0.3 is 15.0 Å². The van der Waals surface area contributed by atoms with Crippen molar-refractivity contribution in [2.24, 2.45) is 0 Å². The third-order valence-corrected chi connectivity index (χ3v) is 3.38. The highest BCUT2D eigenvalue weighted by Gasteiger charge is 2.30. The Labute approximate surface area is 120 Å². The predicted molar refractivity (Wildman–Crippen MR) is 70.7 cm³/mol. The summed E-state index contributed by atoms with van der Waals surface area (Å²) < 4.78 is 42.4. The van der Waals surface area contributed by atoms with Crippen LogP contribution in [-0.4, -0.2) is 37.2 Å². The highest BCUT2D eigenvalue weighted by atomic mass is 19.4. The van der Waals surface area contributed by atoms with E-state index in [9.17, 15) is 18.0 Å². The van der Waals surface area contributed by atoms with Gasteiger partial charge in [-0.1, -0.05) is 12.1 Å². The van der Waals surface area contributed by atoms with Gasteiger partial charge in [0.15, 0.2) is 0 Å². The number of hydrogen-bond acceptors (Lipinski definition) is 2. The van der Waals surface area contributed by atoms with Gasteiger partial charge >= 0.3 is 12.2 Å². The zero-order valence-corrected chi connectivity index (χ0v) is 11.6. The lowest BCUT2D eigenvalue weighted by Gasteiger charge is -2.32. The van der Waals surface area contributed by atoms with Crippen molar-refractivity contribution in [3.05, 3.63) is 35.4 Å². The zero-order valence-electron chi connectivity index (χ0n) is 11.6. The lowest BCUT2D eigenvalue weighted by molar-refractivity contribution is -0.137. The zero-order chi connectivity index (χ0) is 15.5. The van der Waals surface area contributed by atoms with E-state index >= 15 is 0 Å². The molecule has 1 N–H and O–H groups in total. The number of halogens is 3. The summed E-state index contributed by atoms with van der Waals surface area (Å²) in [5.41, 5.74) is -0.0159. The molecule has 0 saturated carbocycles. The lowest BCUT2D eigenvalue weighted by atomic mass is 10.1. The molecule has 0 aromatic heterocycles. The maximum absolute atomic E-state index is 12.5. The molecule has 1 unspecified atom stereocenters. The molecule has 1 aliphatic rings. The average Bonchev–Trinajstić information content (AvgIpc) is 2.42. The van der Waals surface area contributed by atoms with E-state index < -0.39 is 11.7 Å². The van der Waals surface area contributed by atoms with Gasteiger partial charge in [0.05, 0.1) is 18.2 Å². The quantitative estimate of drug-likeness (QED) is 0.929. The van der Waals surface area contributed by atoms with Crippen molar-refractivity contribution in [1.29, 1.82) is 0 Å². The summed E-state index contributed by atoms with van der Waals surface area (Å²) in [4.78, 5) is 13.5. The number of alkyl halides is 3. The van der Waals surface area contributed by atoms with E-state index in [0.717, 1.165) is 18.6 Å². The molecule has 0 bridgehead atoms. The van der Waals surface area contributed by atoms with Gasteiger partial charge in [-0.05, 0) is 24.1 Å². The first-order valence-corrected chi connectivity index (χ1v) is 6.60. The van der Waals surface area contributed by atoms with Gasteiger partial charge in [-0.15, -0.1) is 0 Å².